The molecule has 20 heavy (non-hydrogen) atoms. The molecule has 2 saturated carbocycles. The lowest BCUT2D eigenvalue weighted by Crippen LogP contribution is -2.68. The van der Waals surface area contributed by atoms with E-state index in [4.69, 9.17) is 11.2 Å². The molecule has 2 aliphatic rings. The molecule has 2 N–H and O–H groups in total. The Kier molecular flexibility index (Phi) is 7.10. The van der Waals surface area contributed by atoms with Gasteiger partial charge in [-0.15, -0.1) is 30.4 Å². The second-order valence-corrected chi connectivity index (χ2v) is 5.36. The lowest BCUT2D eigenvalue weighted by Gasteiger charge is -2.61. The summed E-state index contributed by atoms with van der Waals surface area (Å²) in [6.07, 6.45) is 10.6. The van der Waals surface area contributed by atoms with Gasteiger partial charge < -0.3 is 15.4 Å². The highest BCUT2D eigenvalue weighted by Gasteiger charge is 2.59. The normalized spacial score (nSPS) is 26.8. The lowest BCUT2D eigenvalue weighted by atomic mass is 9.51. The van der Waals surface area contributed by atoms with E-state index in [0.29, 0.717) is 24.1 Å². The third kappa shape index (κ3) is 3.40. The van der Waals surface area contributed by atoms with E-state index in [1.165, 1.54) is 19.3 Å². The van der Waals surface area contributed by atoms with Crippen molar-refractivity contribution in [1.82, 2.24) is 10.6 Å². The second-order valence-electron chi connectivity index (χ2n) is 5.36. The zero-order chi connectivity index (χ0) is 13.7. The fourth-order valence-electron chi connectivity index (χ4n) is 3.25. The summed E-state index contributed by atoms with van der Waals surface area (Å²) in [5.74, 6) is 3.39. The Bertz CT molecular complexity index is 374. The Hall–Kier alpha value is -0.480. The highest BCUT2D eigenvalue weighted by atomic mass is 127. The minimum absolute atomic E-state index is 0. The van der Waals surface area contributed by atoms with Crippen LogP contribution in [0, 0.1) is 17.8 Å². The first-order valence-electron chi connectivity index (χ1n) is 7.36. The van der Waals surface area contributed by atoms with E-state index in [9.17, 15) is 0 Å². The lowest BCUT2D eigenvalue weighted by molar-refractivity contribution is -0.168. The van der Waals surface area contributed by atoms with Crippen LogP contribution in [0.5, 0.6) is 0 Å². The third-order valence-electron chi connectivity index (χ3n) is 4.42. The molecule has 0 heterocycles. The van der Waals surface area contributed by atoms with Crippen molar-refractivity contribution < 1.29 is 4.74 Å². The molecule has 0 bridgehead atoms. The molecule has 2 unspecified atom stereocenters. The number of guanidine groups is 1. The van der Waals surface area contributed by atoms with Gasteiger partial charge in [-0.1, -0.05) is 12.3 Å². The van der Waals surface area contributed by atoms with Crippen molar-refractivity contribution >= 4 is 29.9 Å². The molecule has 0 radical (unpaired) electrons. The van der Waals surface area contributed by atoms with Gasteiger partial charge in [0.2, 0.25) is 0 Å². The zero-order valence-electron chi connectivity index (χ0n) is 12.4. The third-order valence-corrected chi connectivity index (χ3v) is 4.42. The number of halogens is 1. The van der Waals surface area contributed by atoms with Gasteiger partial charge in [0.25, 0.3) is 0 Å². The van der Waals surface area contributed by atoms with Gasteiger partial charge in [-0.25, -0.2) is 4.99 Å². The molecule has 0 amide bonds. The van der Waals surface area contributed by atoms with Crippen molar-refractivity contribution in [2.75, 3.05) is 19.7 Å². The molecule has 4 nitrogen and oxygen atoms in total. The number of terminal acetylenes is 1. The predicted molar refractivity (Wildman–Crippen MR) is 93.5 cm³/mol. The minimum atomic E-state index is 0. The Morgan fingerprint density at radius 2 is 2.20 bits per heavy atom. The van der Waals surface area contributed by atoms with Gasteiger partial charge in [0.1, 0.15) is 6.54 Å². The fourth-order valence-corrected chi connectivity index (χ4v) is 3.25. The van der Waals surface area contributed by atoms with E-state index in [2.05, 4.69) is 35.4 Å². The van der Waals surface area contributed by atoms with Crippen molar-refractivity contribution in [2.45, 2.75) is 51.7 Å². The average molecular weight is 391 g/mol. The highest BCUT2D eigenvalue weighted by molar-refractivity contribution is 14.0. The van der Waals surface area contributed by atoms with Crippen LogP contribution in [0.4, 0.5) is 0 Å². The maximum atomic E-state index is 5.86. The van der Waals surface area contributed by atoms with E-state index in [1.54, 1.807) is 0 Å². The molecule has 114 valence electrons. The number of nitrogens with one attached hydrogen (secondary N) is 2. The van der Waals surface area contributed by atoms with Gasteiger partial charge in [0.05, 0.1) is 6.10 Å². The Labute approximate surface area is 139 Å². The number of ether oxygens (including phenoxy) is 1. The van der Waals surface area contributed by atoms with Crippen LogP contribution < -0.4 is 10.6 Å². The smallest absolute Gasteiger partial charge is 0.192 e. The van der Waals surface area contributed by atoms with Crippen LogP contribution in [0.15, 0.2) is 4.99 Å². The predicted octanol–water partition coefficient (Wildman–Crippen LogP) is 2.14. The van der Waals surface area contributed by atoms with Crippen LogP contribution in [-0.2, 0) is 4.74 Å². The van der Waals surface area contributed by atoms with E-state index in [0.717, 1.165) is 25.5 Å². The van der Waals surface area contributed by atoms with Crippen LogP contribution in [0.1, 0.15) is 39.5 Å². The molecular weight excluding hydrogens is 365 g/mol. The summed E-state index contributed by atoms with van der Waals surface area (Å²) in [4.78, 5) is 4.37. The topological polar surface area (TPSA) is 45.7 Å². The monoisotopic (exact) mass is 391 g/mol. The van der Waals surface area contributed by atoms with E-state index in [1.807, 2.05) is 0 Å². The summed E-state index contributed by atoms with van der Waals surface area (Å²) in [5, 5.41) is 6.79. The number of nitrogens with zero attached hydrogens (tertiary/aromatic N) is 1. The molecule has 1 spiro atoms. The van der Waals surface area contributed by atoms with Gasteiger partial charge in [-0.2, -0.15) is 0 Å². The van der Waals surface area contributed by atoms with Crippen LogP contribution in [0.2, 0.25) is 0 Å². The first kappa shape index (κ1) is 17.6. The van der Waals surface area contributed by atoms with Crippen molar-refractivity contribution in [1.29, 1.82) is 0 Å². The summed E-state index contributed by atoms with van der Waals surface area (Å²) in [6.45, 7) is 6.22. The summed E-state index contributed by atoms with van der Waals surface area (Å²) < 4.78 is 5.86. The van der Waals surface area contributed by atoms with E-state index < -0.39 is 0 Å². The van der Waals surface area contributed by atoms with Gasteiger partial charge in [-0.3, -0.25) is 0 Å². The molecule has 0 aromatic heterocycles. The maximum Gasteiger partial charge on any atom is 0.192 e. The van der Waals surface area contributed by atoms with Crippen LogP contribution >= 0.6 is 24.0 Å². The van der Waals surface area contributed by atoms with Crippen molar-refractivity contribution in [3.05, 3.63) is 0 Å². The summed E-state index contributed by atoms with van der Waals surface area (Å²) >= 11 is 0. The number of hydrogen-bond donors (Lipinski definition) is 2. The van der Waals surface area contributed by atoms with Gasteiger partial charge in [0, 0.05) is 24.6 Å². The van der Waals surface area contributed by atoms with Crippen LogP contribution in [0.25, 0.3) is 0 Å². The first-order valence-corrected chi connectivity index (χ1v) is 7.36. The van der Waals surface area contributed by atoms with Crippen molar-refractivity contribution in [3.8, 4) is 12.3 Å². The zero-order valence-corrected chi connectivity index (χ0v) is 14.8. The molecule has 5 heteroatoms. The molecule has 0 aliphatic heterocycles. The second kappa shape index (κ2) is 8.08. The Balaban J connectivity index is 0.00000200. The van der Waals surface area contributed by atoms with Crippen molar-refractivity contribution in [2.24, 2.45) is 10.4 Å². The molecule has 2 aliphatic carbocycles. The molecular formula is C15H26IN3O. The number of aliphatic imine (C=N–C) groups is 1. The molecule has 0 aromatic carbocycles. The molecule has 2 rings (SSSR count). The Morgan fingerprint density at radius 1 is 1.45 bits per heavy atom. The van der Waals surface area contributed by atoms with Crippen molar-refractivity contribution in [3.63, 3.8) is 0 Å². The SMILES string of the molecule is C#CCN=C(NCC)NC1CC(OCC)C12CCC2.I. The number of rotatable bonds is 5. The molecule has 0 saturated heterocycles. The van der Waals surface area contributed by atoms with Gasteiger partial charge in [-0.05, 0) is 33.1 Å². The van der Waals surface area contributed by atoms with Gasteiger partial charge >= 0.3 is 0 Å². The Morgan fingerprint density at radius 3 is 2.70 bits per heavy atom. The van der Waals surface area contributed by atoms with Crippen LogP contribution in [0.3, 0.4) is 0 Å². The fraction of sp³-hybridized carbons (Fsp3) is 0.800. The van der Waals surface area contributed by atoms with Crippen LogP contribution in [-0.4, -0.2) is 37.8 Å². The first-order chi connectivity index (χ1) is 9.26. The number of hydrogen-bond acceptors (Lipinski definition) is 2. The van der Waals surface area contributed by atoms with E-state index >= 15 is 0 Å². The highest BCUT2D eigenvalue weighted by Crippen LogP contribution is 2.57. The quantitative estimate of drug-likeness (QED) is 0.327. The summed E-state index contributed by atoms with van der Waals surface area (Å²) in [7, 11) is 0. The van der Waals surface area contributed by atoms with E-state index in [-0.39, 0.29) is 24.0 Å². The minimum Gasteiger partial charge on any atom is -0.378 e. The molecule has 2 fully saturated rings. The maximum absolute atomic E-state index is 5.86. The average Bonchev–Trinajstić information content (AvgIpc) is 2.32. The largest absolute Gasteiger partial charge is 0.378 e. The summed E-state index contributed by atoms with van der Waals surface area (Å²) in [5.41, 5.74) is 0.350. The molecule has 0 aromatic rings. The van der Waals surface area contributed by atoms with Gasteiger partial charge in [0.15, 0.2) is 5.96 Å². The standard InChI is InChI=1S/C15H25N3O.HI/c1-4-10-17-14(16-5-2)18-12-11-13(19-6-3)15(12)8-7-9-15;/h1,12-13H,5-11H2,2-3H3,(H2,16,17,18);1H. The molecule has 2 atom stereocenters. The summed E-state index contributed by atoms with van der Waals surface area (Å²) in [6, 6.07) is 0.480.